The molecule has 46 heavy (non-hydrogen) atoms. The van der Waals surface area contributed by atoms with Crippen LogP contribution >= 0.6 is 11.3 Å². The Morgan fingerprint density at radius 1 is 1.20 bits per heavy atom. The van der Waals surface area contributed by atoms with Gasteiger partial charge in [0.25, 0.3) is 0 Å². The Bertz CT molecular complexity index is 1700. The maximum atomic E-state index is 14.9. The number of nitrogens with two attached hydrogens (primary N) is 1. The summed E-state index contributed by atoms with van der Waals surface area (Å²) in [6, 6.07) is 3.28. The SMILES string of the molecule is Nc1nc2c(C3=Cc4nc(OCC56CCCN5C[C@H](F)C6)nc(N5C6CNCC5COC6)c4[S+]([O-])N3CC3CC3)ccc(F)c2s1. The van der Waals surface area contributed by atoms with Gasteiger partial charge in [0.2, 0.25) is 4.90 Å². The molecule has 0 radical (unpaired) electrons. The Morgan fingerprint density at radius 2 is 2.02 bits per heavy atom. The molecular formula is C31H36F2N8O3S2. The van der Waals surface area contributed by atoms with E-state index in [1.165, 1.54) is 6.07 Å². The third-order valence-electron chi connectivity index (χ3n) is 10.3. The van der Waals surface area contributed by atoms with E-state index in [1.54, 1.807) is 6.07 Å². The number of alkyl halides is 1. The first-order chi connectivity index (χ1) is 22.4. The largest absolute Gasteiger partial charge is 0.588 e. The van der Waals surface area contributed by atoms with Crippen molar-refractivity contribution >= 4 is 55.6 Å². The highest BCUT2D eigenvalue weighted by Gasteiger charge is 2.50. The van der Waals surface area contributed by atoms with Gasteiger partial charge in [-0.25, -0.2) is 13.8 Å². The van der Waals surface area contributed by atoms with Crippen LogP contribution in [0.2, 0.25) is 0 Å². The van der Waals surface area contributed by atoms with Gasteiger partial charge in [-0.2, -0.15) is 14.3 Å². The molecule has 244 valence electrons. The lowest BCUT2D eigenvalue weighted by Gasteiger charge is -2.47. The summed E-state index contributed by atoms with van der Waals surface area (Å²) in [5.74, 6) is 0.603. The third kappa shape index (κ3) is 4.84. The van der Waals surface area contributed by atoms with Crippen molar-refractivity contribution < 1.29 is 22.8 Å². The van der Waals surface area contributed by atoms with Crippen molar-refractivity contribution in [1.82, 2.24) is 29.5 Å². The molecule has 2 aromatic heterocycles. The second kappa shape index (κ2) is 11.1. The molecule has 3 aromatic rings. The molecule has 1 saturated carbocycles. The van der Waals surface area contributed by atoms with Crippen molar-refractivity contribution in [3.8, 4) is 6.01 Å². The molecule has 15 heteroatoms. The highest BCUT2D eigenvalue weighted by atomic mass is 32.2. The Hall–Kier alpha value is -2.82. The van der Waals surface area contributed by atoms with Crippen LogP contribution in [-0.4, -0.2) is 105 Å². The van der Waals surface area contributed by atoms with Gasteiger partial charge in [0.05, 0.1) is 53.3 Å². The molecule has 2 bridgehead atoms. The van der Waals surface area contributed by atoms with Crippen molar-refractivity contribution in [3.63, 3.8) is 0 Å². The minimum atomic E-state index is -1.68. The Kier molecular flexibility index (Phi) is 7.09. The zero-order valence-corrected chi connectivity index (χ0v) is 26.9. The molecule has 1 aromatic carbocycles. The van der Waals surface area contributed by atoms with Crippen LogP contribution in [-0.2, 0) is 16.1 Å². The number of piperazine rings is 1. The van der Waals surface area contributed by atoms with Crippen LogP contribution in [0.15, 0.2) is 17.0 Å². The zero-order valence-electron chi connectivity index (χ0n) is 25.3. The topological polar surface area (TPSA) is 128 Å². The summed E-state index contributed by atoms with van der Waals surface area (Å²) in [5.41, 5.74) is 7.92. The molecule has 1 aliphatic carbocycles. The van der Waals surface area contributed by atoms with Crippen LogP contribution in [0.1, 0.15) is 43.4 Å². The fraction of sp³-hybridized carbons (Fsp3) is 0.581. The maximum absolute atomic E-state index is 14.9. The lowest BCUT2D eigenvalue weighted by molar-refractivity contribution is 0.0516. The first-order valence-corrected chi connectivity index (χ1v) is 18.1. The Balaban J connectivity index is 1.19. The van der Waals surface area contributed by atoms with Gasteiger partial charge in [0, 0.05) is 31.6 Å². The second-order valence-corrected chi connectivity index (χ2v) is 15.8. The highest BCUT2D eigenvalue weighted by molar-refractivity contribution is 7.89. The predicted octanol–water partition coefficient (Wildman–Crippen LogP) is 3.19. The molecule has 5 aliphatic heterocycles. The molecule has 5 atom stereocenters. The maximum Gasteiger partial charge on any atom is 0.319 e. The molecule has 4 saturated heterocycles. The number of ether oxygens (including phenoxy) is 2. The molecule has 7 heterocycles. The Labute approximate surface area is 272 Å². The van der Waals surface area contributed by atoms with Crippen LogP contribution in [0.4, 0.5) is 19.7 Å². The third-order valence-corrected chi connectivity index (χ3v) is 12.7. The summed E-state index contributed by atoms with van der Waals surface area (Å²) < 4.78 is 58.9. The minimum absolute atomic E-state index is 0.000594. The number of morpholine rings is 1. The number of hydrogen-bond donors (Lipinski definition) is 2. The van der Waals surface area contributed by atoms with Gasteiger partial charge in [0.15, 0.2) is 10.9 Å². The van der Waals surface area contributed by atoms with E-state index in [-0.39, 0.29) is 35.4 Å². The summed E-state index contributed by atoms with van der Waals surface area (Å²) >= 11 is -0.578. The van der Waals surface area contributed by atoms with E-state index in [1.807, 2.05) is 10.4 Å². The zero-order chi connectivity index (χ0) is 31.2. The summed E-state index contributed by atoms with van der Waals surface area (Å²) in [6.45, 7) is 4.61. The first-order valence-electron chi connectivity index (χ1n) is 16.1. The van der Waals surface area contributed by atoms with E-state index in [0.717, 1.165) is 43.6 Å². The smallest absolute Gasteiger partial charge is 0.319 e. The summed E-state index contributed by atoms with van der Waals surface area (Å²) in [5, 5.41) is 3.76. The van der Waals surface area contributed by atoms with Gasteiger partial charge in [-0.1, -0.05) is 11.3 Å². The van der Waals surface area contributed by atoms with Crippen molar-refractivity contribution in [1.29, 1.82) is 0 Å². The van der Waals surface area contributed by atoms with E-state index in [0.29, 0.717) is 89.6 Å². The van der Waals surface area contributed by atoms with E-state index < -0.39 is 23.4 Å². The lowest BCUT2D eigenvalue weighted by Crippen LogP contribution is -2.64. The molecule has 5 fully saturated rings. The fourth-order valence-electron chi connectivity index (χ4n) is 7.98. The monoisotopic (exact) mass is 670 g/mol. The predicted molar refractivity (Wildman–Crippen MR) is 172 cm³/mol. The number of halogens is 2. The van der Waals surface area contributed by atoms with Crippen molar-refractivity contribution in [3.05, 3.63) is 29.2 Å². The average molecular weight is 671 g/mol. The second-order valence-electron chi connectivity index (χ2n) is 13.4. The Morgan fingerprint density at radius 3 is 2.83 bits per heavy atom. The molecule has 9 rings (SSSR count). The number of nitrogen functional groups attached to an aromatic ring is 1. The molecule has 0 amide bonds. The summed E-state index contributed by atoms with van der Waals surface area (Å²) in [7, 11) is 0. The van der Waals surface area contributed by atoms with Gasteiger partial charge in [-0.05, 0) is 56.4 Å². The van der Waals surface area contributed by atoms with E-state index >= 15 is 0 Å². The normalized spacial score (nSPS) is 30.9. The van der Waals surface area contributed by atoms with E-state index in [9.17, 15) is 13.3 Å². The van der Waals surface area contributed by atoms with Crippen molar-refractivity contribution in [2.45, 2.75) is 60.8 Å². The van der Waals surface area contributed by atoms with Gasteiger partial charge in [0.1, 0.15) is 35.7 Å². The summed E-state index contributed by atoms with van der Waals surface area (Å²) in [6.07, 6.45) is 5.47. The minimum Gasteiger partial charge on any atom is -0.588 e. The quantitative estimate of drug-likeness (QED) is 0.360. The number of rotatable bonds is 7. The van der Waals surface area contributed by atoms with Crippen molar-refractivity contribution in [2.24, 2.45) is 5.92 Å². The number of thiazole rings is 1. The molecule has 6 aliphatic rings. The highest BCUT2D eigenvalue weighted by Crippen LogP contribution is 2.46. The fourth-order valence-corrected chi connectivity index (χ4v) is 10.2. The van der Waals surface area contributed by atoms with Gasteiger partial charge >= 0.3 is 6.01 Å². The molecular weight excluding hydrogens is 635 g/mol. The van der Waals surface area contributed by atoms with Crippen LogP contribution < -0.4 is 20.7 Å². The summed E-state index contributed by atoms with van der Waals surface area (Å²) in [4.78, 5) is 19.3. The van der Waals surface area contributed by atoms with Gasteiger partial charge < -0.3 is 30.0 Å². The number of aromatic nitrogens is 3. The van der Waals surface area contributed by atoms with Crippen LogP contribution in [0, 0.1) is 11.7 Å². The molecule has 4 unspecified atom stereocenters. The van der Waals surface area contributed by atoms with E-state index in [2.05, 4.69) is 20.1 Å². The molecule has 0 spiro atoms. The average Bonchev–Trinajstić information content (AvgIpc) is 3.51. The molecule has 11 nitrogen and oxygen atoms in total. The van der Waals surface area contributed by atoms with Crippen molar-refractivity contribution in [2.75, 3.05) is 63.2 Å². The number of hydrogen-bond acceptors (Lipinski definition) is 12. The van der Waals surface area contributed by atoms with Gasteiger partial charge in [-0.3, -0.25) is 4.90 Å². The molecule has 3 N–H and O–H groups in total. The number of fused-ring (bicyclic) bond motifs is 5. The van der Waals surface area contributed by atoms with Crippen LogP contribution in [0.25, 0.3) is 22.0 Å². The first kappa shape index (κ1) is 29.3. The number of nitrogens with zero attached hydrogens (tertiary/aromatic N) is 6. The number of anilines is 2. The number of nitrogens with one attached hydrogen (secondary N) is 1. The number of benzene rings is 1. The van der Waals surface area contributed by atoms with Crippen LogP contribution in [0.3, 0.4) is 0 Å². The lowest BCUT2D eigenvalue weighted by atomic mass is 9.95. The van der Waals surface area contributed by atoms with Crippen LogP contribution in [0.5, 0.6) is 6.01 Å². The van der Waals surface area contributed by atoms with Gasteiger partial charge in [-0.15, -0.1) is 0 Å². The standard InChI is InChI=1S/C31H36F2N8O3S2/c32-18-9-31(6-1-7-39(31)13-18)16-44-30-36-23-8-24(21-4-5-22(33)26-25(21)37-29(34)45-26)40(12-17-2-3-17)46(42)27(23)28(38-30)41-19-10-35-11-20(41)15-43-14-19/h4-5,8,17-20,35H,1-3,6-7,9-16H2,(H2,34,37)/t18-,19?,20?,31?,46?/m1/s1. The van der Waals surface area contributed by atoms with E-state index in [4.69, 9.17) is 25.2 Å².